The van der Waals surface area contributed by atoms with Crippen molar-refractivity contribution >= 4 is 11.8 Å². The third-order valence-electron chi connectivity index (χ3n) is 6.12. The van der Waals surface area contributed by atoms with E-state index in [4.69, 9.17) is 0 Å². The van der Waals surface area contributed by atoms with Crippen LogP contribution in [0, 0.1) is 18.8 Å². The molecule has 2 aliphatic carbocycles. The summed E-state index contributed by atoms with van der Waals surface area (Å²) < 4.78 is 38.9. The van der Waals surface area contributed by atoms with E-state index in [0.717, 1.165) is 44.4 Å². The molecule has 0 unspecified atom stereocenters. The average Bonchev–Trinajstić information content (AvgIpc) is 3.53. The second-order valence-electron chi connectivity index (χ2n) is 8.96. The van der Waals surface area contributed by atoms with Gasteiger partial charge in [0.15, 0.2) is 0 Å². The van der Waals surface area contributed by atoms with E-state index in [0.29, 0.717) is 43.0 Å². The van der Waals surface area contributed by atoms with E-state index < -0.39 is 17.6 Å². The number of carbonyl (C=O) groups excluding carboxylic acids is 2. The molecule has 2 saturated carbocycles. The van der Waals surface area contributed by atoms with Crippen molar-refractivity contribution in [1.82, 2.24) is 16.0 Å². The van der Waals surface area contributed by atoms with Crippen molar-refractivity contribution in [3.63, 3.8) is 0 Å². The molecule has 0 aliphatic heterocycles. The fourth-order valence-corrected chi connectivity index (χ4v) is 4.12. The van der Waals surface area contributed by atoms with Crippen LogP contribution in [0.3, 0.4) is 0 Å². The summed E-state index contributed by atoms with van der Waals surface area (Å²) in [5, 5.41) is 9.22. The van der Waals surface area contributed by atoms with E-state index in [2.05, 4.69) is 16.0 Å². The number of hydrogen-bond donors (Lipinski definition) is 3. The van der Waals surface area contributed by atoms with Gasteiger partial charge in [-0.1, -0.05) is 0 Å². The molecule has 0 radical (unpaired) electrons. The van der Waals surface area contributed by atoms with Crippen LogP contribution >= 0.6 is 0 Å². The Morgan fingerprint density at radius 2 is 1.61 bits per heavy atom. The number of hydrogen-bond acceptors (Lipinski definition) is 3. The van der Waals surface area contributed by atoms with E-state index in [9.17, 15) is 22.8 Å². The largest absolute Gasteiger partial charge is 0.416 e. The van der Waals surface area contributed by atoms with Crippen molar-refractivity contribution < 1.29 is 22.8 Å². The van der Waals surface area contributed by atoms with Gasteiger partial charge >= 0.3 is 6.18 Å². The predicted molar refractivity (Wildman–Crippen MR) is 113 cm³/mol. The van der Waals surface area contributed by atoms with Crippen molar-refractivity contribution in [2.75, 3.05) is 19.6 Å². The van der Waals surface area contributed by atoms with E-state index in [-0.39, 0.29) is 11.5 Å². The minimum absolute atomic E-state index is 0.0476. The molecule has 1 aromatic rings. The molecular weight excluding hydrogens is 407 g/mol. The normalized spacial score (nSPS) is 21.5. The zero-order chi connectivity index (χ0) is 22.4. The lowest BCUT2D eigenvalue weighted by Crippen LogP contribution is -2.40. The molecule has 31 heavy (non-hydrogen) atoms. The van der Waals surface area contributed by atoms with Crippen molar-refractivity contribution in [2.45, 2.75) is 64.1 Å². The van der Waals surface area contributed by atoms with Crippen LogP contribution in [0.4, 0.5) is 13.2 Å². The Hall–Kier alpha value is -2.09. The first-order chi connectivity index (χ1) is 14.7. The Labute approximate surface area is 181 Å². The fraction of sp³-hybridized carbons (Fsp3) is 0.652. The second kappa shape index (κ2) is 10.5. The monoisotopic (exact) mass is 439 g/mol. The number of aryl methyl sites for hydroxylation is 1. The van der Waals surface area contributed by atoms with Crippen LogP contribution in [0.2, 0.25) is 0 Å². The molecule has 0 heterocycles. The third-order valence-corrected chi connectivity index (χ3v) is 6.12. The zero-order valence-corrected chi connectivity index (χ0v) is 18.0. The summed E-state index contributed by atoms with van der Waals surface area (Å²) in [5.74, 6) is 0.601. The quantitative estimate of drug-likeness (QED) is 0.513. The summed E-state index contributed by atoms with van der Waals surface area (Å²) in [4.78, 5) is 24.0. The lowest BCUT2D eigenvalue weighted by Gasteiger charge is -2.29. The average molecular weight is 440 g/mol. The van der Waals surface area contributed by atoms with Gasteiger partial charge in [0, 0.05) is 37.7 Å². The highest BCUT2D eigenvalue weighted by molar-refractivity contribution is 5.94. The van der Waals surface area contributed by atoms with Crippen LogP contribution in [0.15, 0.2) is 18.2 Å². The molecule has 0 bridgehead atoms. The Balaban J connectivity index is 1.33. The van der Waals surface area contributed by atoms with Gasteiger partial charge in [0.2, 0.25) is 5.91 Å². The molecular formula is C23H32F3N3O2. The molecule has 8 heteroatoms. The molecule has 172 valence electrons. The van der Waals surface area contributed by atoms with Crippen LogP contribution in [0.5, 0.6) is 0 Å². The molecule has 1 aromatic carbocycles. The summed E-state index contributed by atoms with van der Waals surface area (Å²) in [7, 11) is 0. The number of rotatable bonds is 9. The lowest BCUT2D eigenvalue weighted by atomic mass is 9.86. The molecule has 2 amide bonds. The minimum Gasteiger partial charge on any atom is -0.355 e. The minimum atomic E-state index is -4.47. The Kier molecular flexibility index (Phi) is 7.97. The molecule has 0 aromatic heterocycles. The van der Waals surface area contributed by atoms with Crippen LogP contribution in [0.25, 0.3) is 0 Å². The van der Waals surface area contributed by atoms with E-state index in [1.54, 1.807) is 6.92 Å². The van der Waals surface area contributed by atoms with E-state index in [1.807, 2.05) is 0 Å². The van der Waals surface area contributed by atoms with Crippen LogP contribution in [0.1, 0.15) is 66.4 Å². The number of amides is 2. The van der Waals surface area contributed by atoms with Crippen LogP contribution < -0.4 is 16.0 Å². The highest BCUT2D eigenvalue weighted by Crippen LogP contribution is 2.32. The summed E-state index contributed by atoms with van der Waals surface area (Å²) in [5.41, 5.74) is -0.338. The summed E-state index contributed by atoms with van der Waals surface area (Å²) in [6.45, 7) is 3.41. The smallest absolute Gasteiger partial charge is 0.355 e. The predicted octanol–water partition coefficient (Wildman–Crippen LogP) is 3.81. The van der Waals surface area contributed by atoms with Crippen molar-refractivity contribution in [2.24, 2.45) is 11.8 Å². The van der Waals surface area contributed by atoms with Crippen LogP contribution in [-0.4, -0.2) is 37.5 Å². The SMILES string of the molecule is Cc1cc(C(=O)NC[C@H]2CC[C@H](NCCNC(=O)CC3CC3)CC2)cc(C(F)(F)F)c1. The van der Waals surface area contributed by atoms with Crippen molar-refractivity contribution in [3.8, 4) is 0 Å². The highest BCUT2D eigenvalue weighted by Gasteiger charge is 2.31. The molecule has 2 fully saturated rings. The highest BCUT2D eigenvalue weighted by atomic mass is 19.4. The lowest BCUT2D eigenvalue weighted by molar-refractivity contribution is -0.137. The number of halogens is 3. The number of nitrogens with one attached hydrogen (secondary N) is 3. The maximum atomic E-state index is 13.0. The van der Waals surface area contributed by atoms with Gasteiger partial charge in [-0.3, -0.25) is 9.59 Å². The van der Waals surface area contributed by atoms with Gasteiger partial charge in [0.25, 0.3) is 5.91 Å². The summed E-state index contributed by atoms with van der Waals surface area (Å²) in [6, 6.07) is 3.84. The van der Waals surface area contributed by atoms with Gasteiger partial charge in [0.1, 0.15) is 0 Å². The Morgan fingerprint density at radius 3 is 2.26 bits per heavy atom. The second-order valence-corrected chi connectivity index (χ2v) is 8.96. The molecule has 2 aliphatic rings. The first kappa shape index (κ1) is 23.6. The first-order valence-electron chi connectivity index (χ1n) is 11.2. The molecule has 0 saturated heterocycles. The number of carbonyl (C=O) groups is 2. The molecule has 0 spiro atoms. The van der Waals surface area contributed by atoms with Gasteiger partial charge in [0.05, 0.1) is 5.56 Å². The van der Waals surface area contributed by atoms with E-state index in [1.165, 1.54) is 18.9 Å². The van der Waals surface area contributed by atoms with Crippen molar-refractivity contribution in [1.29, 1.82) is 0 Å². The first-order valence-corrected chi connectivity index (χ1v) is 11.2. The van der Waals surface area contributed by atoms with Crippen LogP contribution in [-0.2, 0) is 11.0 Å². The Bertz CT molecular complexity index is 770. The third kappa shape index (κ3) is 7.83. The maximum absolute atomic E-state index is 13.0. The van der Waals surface area contributed by atoms with E-state index >= 15 is 0 Å². The number of benzene rings is 1. The van der Waals surface area contributed by atoms with Gasteiger partial charge in [-0.15, -0.1) is 0 Å². The standard InChI is InChI=1S/C23H32F3N3O2/c1-15-10-18(13-19(11-15)23(24,25)26)22(31)29-14-17-4-6-20(7-5-17)27-8-9-28-21(30)12-16-2-3-16/h10-11,13,16-17,20,27H,2-9,12,14H2,1H3,(H,28,30)(H,29,31)/t17-,20-. The van der Waals surface area contributed by atoms with Gasteiger partial charge in [-0.05, 0) is 81.0 Å². The zero-order valence-electron chi connectivity index (χ0n) is 18.0. The summed E-state index contributed by atoms with van der Waals surface area (Å²) >= 11 is 0. The van der Waals surface area contributed by atoms with Crippen molar-refractivity contribution in [3.05, 3.63) is 34.9 Å². The topological polar surface area (TPSA) is 70.2 Å². The van der Waals surface area contributed by atoms with Gasteiger partial charge in [-0.2, -0.15) is 13.2 Å². The molecule has 0 atom stereocenters. The molecule has 3 N–H and O–H groups in total. The summed E-state index contributed by atoms with van der Waals surface area (Å²) in [6.07, 6.45) is 2.41. The maximum Gasteiger partial charge on any atom is 0.416 e. The van der Waals surface area contributed by atoms with Gasteiger partial charge < -0.3 is 16.0 Å². The fourth-order valence-electron chi connectivity index (χ4n) is 4.12. The molecule has 5 nitrogen and oxygen atoms in total. The number of alkyl halides is 3. The Morgan fingerprint density at radius 1 is 0.935 bits per heavy atom. The molecule has 3 rings (SSSR count). The van der Waals surface area contributed by atoms with Gasteiger partial charge in [-0.25, -0.2) is 0 Å².